The molecular weight excluding hydrogens is 378 g/mol. The van der Waals surface area contributed by atoms with Crippen LogP contribution in [0.2, 0.25) is 0 Å². The second-order valence-electron chi connectivity index (χ2n) is 7.28. The number of pyridine rings is 2. The van der Waals surface area contributed by atoms with Crippen LogP contribution >= 0.6 is 0 Å². The number of rotatable bonds is 2. The fourth-order valence-electron chi connectivity index (χ4n) is 4.19. The Morgan fingerprint density at radius 3 is 2.86 bits per heavy atom. The molecule has 9 heteroatoms. The molecule has 0 spiro atoms. The van der Waals surface area contributed by atoms with Gasteiger partial charge in [-0.25, -0.2) is 15.0 Å². The lowest BCUT2D eigenvalue weighted by Gasteiger charge is -2.31. The highest BCUT2D eigenvalue weighted by atomic mass is 16.8. The van der Waals surface area contributed by atoms with Crippen molar-refractivity contribution in [3.05, 3.63) is 62.6 Å². The lowest BCUT2D eigenvalue weighted by Crippen LogP contribution is -2.99. The summed E-state index contributed by atoms with van der Waals surface area (Å²) >= 11 is 0. The first-order valence-corrected chi connectivity index (χ1v) is 9.18. The van der Waals surface area contributed by atoms with Gasteiger partial charge in [0.25, 0.3) is 5.56 Å². The summed E-state index contributed by atoms with van der Waals surface area (Å²) in [5, 5.41) is 31.3. The number of nitrogens with one attached hydrogen (secondary N) is 1. The minimum absolute atomic E-state index is 0.0711. The van der Waals surface area contributed by atoms with Crippen molar-refractivity contribution in [2.24, 2.45) is 0 Å². The molecule has 2 aliphatic rings. The summed E-state index contributed by atoms with van der Waals surface area (Å²) in [5.74, 6) is -0.771. The molecule has 148 valence electrons. The van der Waals surface area contributed by atoms with Gasteiger partial charge in [-0.15, -0.1) is 0 Å². The highest BCUT2D eigenvalue weighted by Crippen LogP contribution is 2.38. The fraction of sp³-hybridized carbons (Fsp3) is 0.250. The number of aromatic nitrogens is 2. The first-order chi connectivity index (χ1) is 13.8. The highest BCUT2D eigenvalue weighted by molar-refractivity contribution is 5.91. The van der Waals surface area contributed by atoms with Crippen LogP contribution in [0.1, 0.15) is 30.0 Å². The van der Waals surface area contributed by atoms with E-state index in [1.807, 2.05) is 0 Å². The third kappa shape index (κ3) is 2.33. The zero-order chi connectivity index (χ0) is 20.5. The Bertz CT molecular complexity index is 1270. The molecule has 0 saturated carbocycles. The number of carbonyl (C=O) groups excluding carboxylic acids is 1. The van der Waals surface area contributed by atoms with Crippen LogP contribution in [-0.2, 0) is 28.3 Å². The summed E-state index contributed by atoms with van der Waals surface area (Å²) in [4.78, 5) is 29.9. The molecule has 0 saturated heterocycles. The van der Waals surface area contributed by atoms with Crippen molar-refractivity contribution in [2.45, 2.75) is 32.1 Å². The maximum Gasteiger partial charge on any atom is 0.343 e. The van der Waals surface area contributed by atoms with Crippen molar-refractivity contribution >= 4 is 22.6 Å². The summed E-state index contributed by atoms with van der Waals surface area (Å²) in [6.45, 7) is 1.69. The molecule has 4 heterocycles. The normalized spacial score (nSPS) is 20.8. The van der Waals surface area contributed by atoms with E-state index in [4.69, 9.17) is 4.74 Å². The van der Waals surface area contributed by atoms with Crippen molar-refractivity contribution in [1.29, 1.82) is 0 Å². The molecule has 9 nitrogen and oxygen atoms in total. The molecule has 2 aliphatic heterocycles. The number of aliphatic hydroxyl groups is 1. The molecule has 0 amide bonds. The van der Waals surface area contributed by atoms with Gasteiger partial charge in [-0.1, -0.05) is 13.0 Å². The Hall–Kier alpha value is -3.11. The van der Waals surface area contributed by atoms with Crippen LogP contribution in [0.25, 0.3) is 22.3 Å². The van der Waals surface area contributed by atoms with Gasteiger partial charge in [0, 0.05) is 17.2 Å². The van der Waals surface area contributed by atoms with Crippen molar-refractivity contribution in [3.63, 3.8) is 0 Å². The fourth-order valence-corrected chi connectivity index (χ4v) is 4.19. The number of hydrogen-bond acceptors (Lipinski definition) is 7. The molecule has 0 bridgehead atoms. The Morgan fingerprint density at radius 1 is 1.34 bits per heavy atom. The lowest BCUT2D eigenvalue weighted by atomic mass is 9.86. The van der Waals surface area contributed by atoms with Gasteiger partial charge >= 0.3 is 5.97 Å². The number of fused-ring (bicyclic) bond motifs is 5. The van der Waals surface area contributed by atoms with Gasteiger partial charge in [0.2, 0.25) is 0 Å². The molecule has 0 aliphatic carbocycles. The van der Waals surface area contributed by atoms with E-state index in [1.165, 1.54) is 10.6 Å². The van der Waals surface area contributed by atoms with Gasteiger partial charge in [0.1, 0.15) is 6.61 Å². The van der Waals surface area contributed by atoms with E-state index in [9.17, 15) is 25.1 Å². The van der Waals surface area contributed by atoms with Gasteiger partial charge in [-0.3, -0.25) is 4.79 Å². The number of cyclic esters (lactones) is 1. The standard InChI is InChI=1S/C20H17N3O6/c1-2-20(26)13-7-16-17-10(8-22(16)18(24)12(13)9-29-19(20)25)6-11-14(21-17)4-3-5-15(11)23(27)28/h3-7,23,26-27H,2,8-9H2,1H3. The van der Waals surface area contributed by atoms with E-state index in [2.05, 4.69) is 4.98 Å². The van der Waals surface area contributed by atoms with E-state index >= 15 is 0 Å². The van der Waals surface area contributed by atoms with E-state index in [0.717, 1.165) is 0 Å². The molecule has 0 fully saturated rings. The maximum absolute atomic E-state index is 13.1. The Labute approximate surface area is 163 Å². The molecule has 2 unspecified atom stereocenters. The molecule has 5 rings (SSSR count). The molecule has 1 aromatic carbocycles. The number of ether oxygens (including phenoxy) is 1. The minimum atomic E-state index is -1.88. The van der Waals surface area contributed by atoms with Gasteiger partial charge < -0.3 is 19.6 Å². The zero-order valence-electron chi connectivity index (χ0n) is 15.4. The molecule has 2 aromatic heterocycles. The molecule has 3 aromatic rings. The van der Waals surface area contributed by atoms with E-state index < -0.39 is 16.8 Å². The zero-order valence-corrected chi connectivity index (χ0v) is 15.4. The molecule has 29 heavy (non-hydrogen) atoms. The predicted octanol–water partition coefficient (Wildman–Crippen LogP) is 0.483. The lowest BCUT2D eigenvalue weighted by molar-refractivity contribution is -0.990. The minimum Gasteiger partial charge on any atom is -0.595 e. The summed E-state index contributed by atoms with van der Waals surface area (Å²) in [6.07, 6.45) is 0.0711. The SMILES string of the molecule is CCC1(O)C(=O)OCc2c1cc1n(c2=O)Cc2cc3c([NH+]([O-])O)cccc3nc2-1. The quantitative estimate of drug-likeness (QED) is 0.333. The average molecular weight is 395 g/mol. The van der Waals surface area contributed by atoms with Crippen LogP contribution in [0.3, 0.4) is 0 Å². The number of nitrogens with zero attached hydrogens (tertiary/aromatic N) is 2. The number of hydrogen-bond donors (Lipinski definition) is 3. The number of benzene rings is 1. The second kappa shape index (κ2) is 5.94. The first-order valence-electron chi connectivity index (χ1n) is 9.18. The Morgan fingerprint density at radius 2 is 2.14 bits per heavy atom. The van der Waals surface area contributed by atoms with Gasteiger partial charge in [0.15, 0.2) is 11.3 Å². The van der Waals surface area contributed by atoms with Gasteiger partial charge in [-0.2, -0.15) is 5.23 Å². The number of quaternary nitrogens is 1. The molecule has 0 radical (unpaired) electrons. The van der Waals surface area contributed by atoms with Gasteiger partial charge in [0.05, 0.1) is 34.4 Å². The molecule has 3 N–H and O–H groups in total. The maximum atomic E-state index is 13.1. The van der Waals surface area contributed by atoms with E-state index in [0.29, 0.717) is 27.9 Å². The topological polar surface area (TPSA) is 129 Å². The summed E-state index contributed by atoms with van der Waals surface area (Å²) < 4.78 is 6.57. The third-order valence-corrected chi connectivity index (χ3v) is 5.78. The third-order valence-electron chi connectivity index (χ3n) is 5.78. The van der Waals surface area contributed by atoms with Crippen molar-refractivity contribution in [3.8, 4) is 11.4 Å². The van der Waals surface area contributed by atoms with Crippen LogP contribution in [0, 0.1) is 5.21 Å². The van der Waals surface area contributed by atoms with Crippen LogP contribution in [0.5, 0.6) is 0 Å². The van der Waals surface area contributed by atoms with Crippen LogP contribution in [-0.4, -0.2) is 25.8 Å². The predicted molar refractivity (Wildman–Crippen MR) is 100 cm³/mol. The smallest absolute Gasteiger partial charge is 0.343 e. The van der Waals surface area contributed by atoms with E-state index in [-0.39, 0.29) is 41.9 Å². The molecule has 2 atom stereocenters. The summed E-state index contributed by atoms with van der Waals surface area (Å²) in [7, 11) is 0. The van der Waals surface area contributed by atoms with Crippen LogP contribution in [0.4, 0.5) is 5.69 Å². The summed E-state index contributed by atoms with van der Waals surface area (Å²) in [6, 6.07) is 8.20. The second-order valence-corrected chi connectivity index (χ2v) is 7.28. The highest BCUT2D eigenvalue weighted by Gasteiger charge is 2.45. The number of carbonyl (C=O) groups is 1. The van der Waals surface area contributed by atoms with Crippen molar-refractivity contribution in [1.82, 2.24) is 9.55 Å². The monoisotopic (exact) mass is 395 g/mol. The van der Waals surface area contributed by atoms with E-state index in [1.54, 1.807) is 31.2 Å². The largest absolute Gasteiger partial charge is 0.595 e. The summed E-state index contributed by atoms with van der Waals surface area (Å²) in [5.41, 5.74) is 0.647. The van der Waals surface area contributed by atoms with Crippen LogP contribution in [0.15, 0.2) is 35.1 Å². The van der Waals surface area contributed by atoms with Gasteiger partial charge in [-0.05, 0) is 24.6 Å². The Kier molecular flexibility index (Phi) is 3.68. The Balaban J connectivity index is 1.78. The average Bonchev–Trinajstić information content (AvgIpc) is 3.07. The van der Waals surface area contributed by atoms with Crippen molar-refractivity contribution < 1.29 is 25.1 Å². The van der Waals surface area contributed by atoms with Crippen molar-refractivity contribution in [2.75, 3.05) is 0 Å². The molecular formula is C20H17N3O6. The van der Waals surface area contributed by atoms with Crippen LogP contribution < -0.4 is 10.8 Å². The number of esters is 1. The first kappa shape index (κ1) is 18.0.